The topological polar surface area (TPSA) is 26.3 Å². The van der Waals surface area contributed by atoms with Crippen LogP contribution in [0.5, 0.6) is 0 Å². The predicted molar refractivity (Wildman–Crippen MR) is 116 cm³/mol. The van der Waals surface area contributed by atoms with Crippen LogP contribution in [0.25, 0.3) is 0 Å². The summed E-state index contributed by atoms with van der Waals surface area (Å²) in [6, 6.07) is 0. The van der Waals surface area contributed by atoms with E-state index in [-0.39, 0.29) is 5.97 Å². The second-order valence-electron chi connectivity index (χ2n) is 9.09. The fourth-order valence-electron chi connectivity index (χ4n) is 3.86. The lowest BCUT2D eigenvalue weighted by Gasteiger charge is -2.30. The Hall–Kier alpha value is -0.700. The summed E-state index contributed by atoms with van der Waals surface area (Å²) in [7, 11) is 0. The van der Waals surface area contributed by atoms with E-state index in [4.69, 9.17) is 4.74 Å². The van der Waals surface area contributed by atoms with E-state index in [1.165, 1.54) is 49.9 Å². The van der Waals surface area contributed by atoms with Crippen molar-refractivity contribution in [1.82, 2.24) is 0 Å². The van der Waals surface area contributed by atoms with E-state index in [0.717, 1.165) is 24.5 Å². The van der Waals surface area contributed by atoms with Gasteiger partial charge >= 0.3 is 5.97 Å². The molecular weight excluding hydrogens is 340 g/mol. The van der Waals surface area contributed by atoms with Crippen LogP contribution in [-0.4, -0.2) is 24.1 Å². The third-order valence-electron chi connectivity index (χ3n) is 5.36. The summed E-state index contributed by atoms with van der Waals surface area (Å²) < 4.78 is 5.19. The number of ether oxygens (including phenoxy) is 1. The van der Waals surface area contributed by atoms with Gasteiger partial charge in [-0.15, -0.1) is 0 Å². The van der Waals surface area contributed by atoms with Gasteiger partial charge in [-0.05, 0) is 81.3 Å². The van der Waals surface area contributed by atoms with Crippen molar-refractivity contribution in [2.45, 2.75) is 79.1 Å². The zero-order chi connectivity index (χ0) is 19.6. The highest BCUT2D eigenvalue weighted by atomic mass is 32.2. The van der Waals surface area contributed by atoms with E-state index in [2.05, 4.69) is 45.7 Å². The van der Waals surface area contributed by atoms with Crippen molar-refractivity contribution in [2.75, 3.05) is 18.1 Å². The minimum absolute atomic E-state index is 0.265. The molecule has 1 aliphatic rings. The molecule has 2 atom stereocenters. The number of carbonyl (C=O) groups is 1. The van der Waals surface area contributed by atoms with Gasteiger partial charge in [-0.25, -0.2) is 4.79 Å². The Labute approximate surface area is 166 Å². The molecule has 0 aliphatic carbocycles. The number of hydrogen-bond donors (Lipinski definition) is 0. The van der Waals surface area contributed by atoms with Gasteiger partial charge in [0, 0.05) is 11.3 Å². The molecule has 1 heterocycles. The molecule has 1 aliphatic heterocycles. The average molecular weight is 381 g/mol. The lowest BCUT2D eigenvalue weighted by atomic mass is 9.77. The molecular formula is C23H40O2S. The molecule has 26 heavy (non-hydrogen) atoms. The minimum Gasteiger partial charge on any atom is -0.462 e. The van der Waals surface area contributed by atoms with Gasteiger partial charge in [-0.1, -0.05) is 39.5 Å². The summed E-state index contributed by atoms with van der Waals surface area (Å²) in [6.07, 6.45) is 9.89. The normalized spacial score (nSPS) is 20.2. The summed E-state index contributed by atoms with van der Waals surface area (Å²) >= 11 is 2.08. The third-order valence-corrected chi connectivity index (χ3v) is 6.68. The molecule has 0 amide bonds. The first-order valence-corrected chi connectivity index (χ1v) is 11.4. The van der Waals surface area contributed by atoms with Gasteiger partial charge in [-0.2, -0.15) is 11.8 Å². The van der Waals surface area contributed by atoms with E-state index in [1.807, 2.05) is 0 Å². The van der Waals surface area contributed by atoms with Crippen LogP contribution in [0.4, 0.5) is 0 Å². The lowest BCUT2D eigenvalue weighted by Crippen LogP contribution is -2.19. The highest BCUT2D eigenvalue weighted by Gasteiger charge is 2.23. The highest BCUT2D eigenvalue weighted by molar-refractivity contribution is 7.99. The number of hydrogen-bond acceptors (Lipinski definition) is 3. The summed E-state index contributed by atoms with van der Waals surface area (Å²) in [5.41, 5.74) is 2.30. The molecule has 150 valence electrons. The van der Waals surface area contributed by atoms with Crippen LogP contribution in [0.2, 0.25) is 0 Å². The second-order valence-corrected chi connectivity index (χ2v) is 10.1. The van der Waals surface area contributed by atoms with Crippen LogP contribution >= 0.6 is 11.8 Å². The van der Waals surface area contributed by atoms with Crippen LogP contribution < -0.4 is 0 Å². The van der Waals surface area contributed by atoms with Gasteiger partial charge < -0.3 is 4.74 Å². The molecule has 2 unspecified atom stereocenters. The maximum Gasteiger partial charge on any atom is 0.333 e. The SMILES string of the molecule is C=C1CCCC(CCC(C)(C)CC(C)CCCOC(=O)C(=C)C)CSC1. The van der Waals surface area contributed by atoms with Crippen LogP contribution in [-0.2, 0) is 9.53 Å². The molecule has 0 bridgehead atoms. The van der Waals surface area contributed by atoms with Crippen LogP contribution in [0.3, 0.4) is 0 Å². The fourth-order valence-corrected chi connectivity index (χ4v) is 5.07. The van der Waals surface area contributed by atoms with E-state index >= 15 is 0 Å². The predicted octanol–water partition coefficient (Wildman–Crippen LogP) is 6.81. The molecule has 3 heteroatoms. The Balaban J connectivity index is 2.23. The molecule has 0 radical (unpaired) electrons. The molecule has 0 N–H and O–H groups in total. The Morgan fingerprint density at radius 3 is 2.85 bits per heavy atom. The first-order chi connectivity index (χ1) is 12.2. The zero-order valence-electron chi connectivity index (χ0n) is 17.6. The fraction of sp³-hybridized carbons (Fsp3) is 0.783. The van der Waals surface area contributed by atoms with Gasteiger partial charge in [0.05, 0.1) is 6.61 Å². The molecule has 2 nitrogen and oxygen atoms in total. The molecule has 0 aromatic carbocycles. The van der Waals surface area contributed by atoms with Gasteiger partial charge in [-0.3, -0.25) is 0 Å². The van der Waals surface area contributed by atoms with E-state index in [0.29, 0.717) is 23.5 Å². The van der Waals surface area contributed by atoms with Crippen molar-refractivity contribution in [3.8, 4) is 0 Å². The van der Waals surface area contributed by atoms with E-state index < -0.39 is 0 Å². The quantitative estimate of drug-likeness (QED) is 0.180. The van der Waals surface area contributed by atoms with Gasteiger partial charge in [0.1, 0.15) is 0 Å². The molecule has 1 saturated heterocycles. The van der Waals surface area contributed by atoms with Crippen molar-refractivity contribution in [3.05, 3.63) is 24.3 Å². The van der Waals surface area contributed by atoms with Crippen LogP contribution in [0, 0.1) is 17.3 Å². The van der Waals surface area contributed by atoms with Crippen LogP contribution in [0.1, 0.15) is 79.1 Å². The van der Waals surface area contributed by atoms with Crippen molar-refractivity contribution in [2.24, 2.45) is 17.3 Å². The Morgan fingerprint density at radius 1 is 1.42 bits per heavy atom. The summed E-state index contributed by atoms with van der Waals surface area (Å²) in [4.78, 5) is 11.4. The van der Waals surface area contributed by atoms with E-state index in [9.17, 15) is 4.79 Å². The van der Waals surface area contributed by atoms with Crippen molar-refractivity contribution < 1.29 is 9.53 Å². The summed E-state index contributed by atoms with van der Waals surface area (Å²) in [5.74, 6) is 3.75. The summed E-state index contributed by atoms with van der Waals surface area (Å²) in [5, 5.41) is 0. The average Bonchev–Trinajstić information content (AvgIpc) is 2.53. The third kappa shape index (κ3) is 10.4. The lowest BCUT2D eigenvalue weighted by molar-refractivity contribution is -0.139. The maximum absolute atomic E-state index is 11.4. The standard InChI is InChI=1S/C23H40O2S/c1-18(2)22(24)25-14-8-10-19(3)15-23(5,6)13-12-21-11-7-9-20(4)16-26-17-21/h19,21H,1,4,7-17H2,2-3,5-6H3. The first kappa shape index (κ1) is 23.3. The largest absolute Gasteiger partial charge is 0.462 e. The van der Waals surface area contributed by atoms with Gasteiger partial charge in [0.25, 0.3) is 0 Å². The maximum atomic E-state index is 11.4. The summed E-state index contributed by atoms with van der Waals surface area (Å²) in [6.45, 7) is 17.1. The Bertz CT molecular complexity index is 455. The smallest absolute Gasteiger partial charge is 0.333 e. The second kappa shape index (κ2) is 11.9. The number of thioether (sulfide) groups is 1. The molecule has 1 rings (SSSR count). The van der Waals surface area contributed by atoms with Crippen molar-refractivity contribution in [3.63, 3.8) is 0 Å². The minimum atomic E-state index is -0.265. The van der Waals surface area contributed by atoms with Crippen molar-refractivity contribution in [1.29, 1.82) is 0 Å². The number of esters is 1. The van der Waals surface area contributed by atoms with Gasteiger partial charge in [0.2, 0.25) is 0 Å². The monoisotopic (exact) mass is 380 g/mol. The van der Waals surface area contributed by atoms with E-state index in [1.54, 1.807) is 6.92 Å². The Morgan fingerprint density at radius 2 is 2.15 bits per heavy atom. The molecule has 1 fully saturated rings. The van der Waals surface area contributed by atoms with Crippen molar-refractivity contribution >= 4 is 17.7 Å². The number of carbonyl (C=O) groups excluding carboxylic acids is 1. The molecule has 0 aromatic rings. The molecule has 0 aromatic heterocycles. The first-order valence-electron chi connectivity index (χ1n) is 10.3. The number of rotatable bonds is 10. The highest BCUT2D eigenvalue weighted by Crippen LogP contribution is 2.36. The Kier molecular flexibility index (Phi) is 10.7. The molecule has 0 spiro atoms. The van der Waals surface area contributed by atoms with Crippen LogP contribution in [0.15, 0.2) is 24.3 Å². The zero-order valence-corrected chi connectivity index (χ0v) is 18.4. The van der Waals surface area contributed by atoms with Gasteiger partial charge in [0.15, 0.2) is 0 Å². The molecule has 0 saturated carbocycles.